The summed E-state index contributed by atoms with van der Waals surface area (Å²) in [4.78, 5) is 23.8. The number of urea groups is 1. The summed E-state index contributed by atoms with van der Waals surface area (Å²) in [5.41, 5.74) is 1.64. The van der Waals surface area contributed by atoms with Gasteiger partial charge < -0.3 is 0 Å². The molecule has 0 radical (unpaired) electrons. The van der Waals surface area contributed by atoms with Gasteiger partial charge in [0.2, 0.25) is 0 Å². The fourth-order valence-electron chi connectivity index (χ4n) is 1.96. The second-order valence-electron chi connectivity index (χ2n) is 3.57. The van der Waals surface area contributed by atoms with Gasteiger partial charge in [-0.05, 0) is 12.1 Å². The molecule has 0 N–H and O–H groups in total. The quantitative estimate of drug-likeness (QED) is 0.622. The van der Waals surface area contributed by atoms with Crippen LogP contribution in [0.15, 0.2) is 23.3 Å². The Bertz CT molecular complexity index is 468. The fourth-order valence-corrected chi connectivity index (χ4v) is 1.96. The molecule has 0 aliphatic carbocycles. The number of aromatic nitrogens is 1. The van der Waals surface area contributed by atoms with Crippen molar-refractivity contribution in [3.8, 4) is 0 Å². The Balaban J connectivity index is 2.24. The van der Waals surface area contributed by atoms with Crippen LogP contribution in [0.25, 0.3) is 0 Å². The van der Waals surface area contributed by atoms with E-state index in [9.17, 15) is 4.79 Å². The zero-order valence-corrected chi connectivity index (χ0v) is 8.34. The van der Waals surface area contributed by atoms with Crippen molar-refractivity contribution in [3.05, 3.63) is 24.0 Å². The van der Waals surface area contributed by atoms with Gasteiger partial charge in [-0.3, -0.25) is 19.8 Å². The summed E-state index contributed by atoms with van der Waals surface area (Å²) in [6.07, 6.45) is 1.72. The van der Waals surface area contributed by atoms with E-state index in [1.165, 1.54) is 0 Å². The summed E-state index contributed by atoms with van der Waals surface area (Å²) >= 11 is 0. The monoisotopic (exact) mass is 202 g/mol. The molecular formula is C10H10N4O. The first-order chi connectivity index (χ1) is 7.29. The third kappa shape index (κ3) is 1.000. The fraction of sp³-hybridized carbons (Fsp3) is 0.300. The number of fused-ring (bicyclic) bond motifs is 3. The highest BCUT2D eigenvalue weighted by Gasteiger charge is 2.35. The van der Waals surface area contributed by atoms with Crippen molar-refractivity contribution < 1.29 is 4.79 Å². The molecular weight excluding hydrogens is 192 g/mol. The number of anilines is 1. The van der Waals surface area contributed by atoms with Gasteiger partial charge >= 0.3 is 6.03 Å². The molecule has 3 heterocycles. The minimum Gasteiger partial charge on any atom is -0.295 e. The average molecular weight is 202 g/mol. The van der Waals surface area contributed by atoms with Gasteiger partial charge in [0.1, 0.15) is 5.69 Å². The maximum atomic E-state index is 11.9. The van der Waals surface area contributed by atoms with Crippen LogP contribution in [0.5, 0.6) is 0 Å². The molecule has 1 aromatic heterocycles. The zero-order valence-electron chi connectivity index (χ0n) is 8.34. The standard InChI is InChI=1S/C10H10N4O/c1-13-7-3-2-4-11-8(7)9-12-5-6-14(9)10(13)15/h2-4H,5-6H2,1H3. The Hall–Kier alpha value is -1.91. The van der Waals surface area contributed by atoms with Crippen molar-refractivity contribution in [1.82, 2.24) is 9.88 Å². The lowest BCUT2D eigenvalue weighted by atomic mass is 10.2. The highest BCUT2D eigenvalue weighted by atomic mass is 16.2. The highest BCUT2D eigenvalue weighted by molar-refractivity contribution is 6.18. The van der Waals surface area contributed by atoms with Crippen LogP contribution in [0, 0.1) is 0 Å². The zero-order chi connectivity index (χ0) is 10.4. The second-order valence-corrected chi connectivity index (χ2v) is 3.57. The summed E-state index contributed by atoms with van der Waals surface area (Å²) < 4.78 is 0. The minimum absolute atomic E-state index is 0.0215. The van der Waals surface area contributed by atoms with E-state index in [0.717, 1.165) is 11.4 Å². The molecule has 0 unspecified atom stereocenters. The van der Waals surface area contributed by atoms with Gasteiger partial charge in [0.05, 0.1) is 12.2 Å². The van der Waals surface area contributed by atoms with Gasteiger partial charge in [-0.25, -0.2) is 4.79 Å². The molecule has 2 amide bonds. The molecule has 0 saturated carbocycles. The van der Waals surface area contributed by atoms with Crippen LogP contribution in [0.1, 0.15) is 5.69 Å². The first-order valence-electron chi connectivity index (χ1n) is 4.84. The number of nitrogens with zero attached hydrogens (tertiary/aromatic N) is 4. The SMILES string of the molecule is CN1C(=O)N2CCN=C2c2ncccc21. The molecule has 0 fully saturated rings. The molecule has 0 aromatic carbocycles. The third-order valence-electron chi connectivity index (χ3n) is 2.72. The van der Waals surface area contributed by atoms with Gasteiger partial charge in [-0.2, -0.15) is 0 Å². The van der Waals surface area contributed by atoms with E-state index in [4.69, 9.17) is 0 Å². The van der Waals surface area contributed by atoms with Gasteiger partial charge in [0.25, 0.3) is 0 Å². The largest absolute Gasteiger partial charge is 0.330 e. The number of pyridine rings is 1. The summed E-state index contributed by atoms with van der Waals surface area (Å²) in [5, 5.41) is 0. The lowest BCUT2D eigenvalue weighted by molar-refractivity contribution is 0.230. The lowest BCUT2D eigenvalue weighted by Crippen LogP contribution is -2.48. The molecule has 5 nitrogen and oxygen atoms in total. The first-order valence-corrected chi connectivity index (χ1v) is 4.84. The molecule has 0 bridgehead atoms. The number of carbonyl (C=O) groups is 1. The number of hydrogen-bond donors (Lipinski definition) is 0. The Kier molecular flexibility index (Phi) is 1.56. The van der Waals surface area contributed by atoms with Crippen molar-refractivity contribution in [2.75, 3.05) is 25.0 Å². The Morgan fingerprint density at radius 2 is 2.33 bits per heavy atom. The summed E-state index contributed by atoms with van der Waals surface area (Å²) in [6.45, 7) is 1.33. The highest BCUT2D eigenvalue weighted by Crippen LogP contribution is 2.27. The molecule has 1 aromatic rings. The van der Waals surface area contributed by atoms with E-state index in [1.54, 1.807) is 23.0 Å². The van der Waals surface area contributed by atoms with E-state index in [2.05, 4.69) is 9.98 Å². The molecule has 2 aliphatic rings. The van der Waals surface area contributed by atoms with E-state index >= 15 is 0 Å². The van der Waals surface area contributed by atoms with Crippen LogP contribution >= 0.6 is 0 Å². The molecule has 76 valence electrons. The molecule has 0 saturated heterocycles. The van der Waals surface area contributed by atoms with Crippen LogP contribution in [0.4, 0.5) is 10.5 Å². The third-order valence-corrected chi connectivity index (χ3v) is 2.72. The topological polar surface area (TPSA) is 48.8 Å². The summed E-state index contributed by atoms with van der Waals surface area (Å²) in [5.74, 6) is 0.716. The van der Waals surface area contributed by atoms with Crippen molar-refractivity contribution >= 4 is 17.6 Å². The Morgan fingerprint density at radius 3 is 3.20 bits per heavy atom. The maximum absolute atomic E-state index is 11.9. The van der Waals surface area contributed by atoms with Gasteiger partial charge in [-0.1, -0.05) is 0 Å². The van der Waals surface area contributed by atoms with Gasteiger partial charge in [0, 0.05) is 19.8 Å². The van der Waals surface area contributed by atoms with Crippen molar-refractivity contribution in [1.29, 1.82) is 0 Å². The van der Waals surface area contributed by atoms with Crippen LogP contribution in [0.3, 0.4) is 0 Å². The molecule has 0 atom stereocenters. The number of amides is 2. The van der Waals surface area contributed by atoms with Crippen LogP contribution in [0.2, 0.25) is 0 Å². The predicted octanol–water partition coefficient (Wildman–Crippen LogP) is 0.714. The minimum atomic E-state index is -0.0215. The lowest BCUT2D eigenvalue weighted by Gasteiger charge is -2.31. The van der Waals surface area contributed by atoms with E-state index in [1.807, 2.05) is 12.1 Å². The van der Waals surface area contributed by atoms with Crippen LogP contribution in [-0.4, -0.2) is 41.9 Å². The van der Waals surface area contributed by atoms with Gasteiger partial charge in [0.15, 0.2) is 5.84 Å². The van der Waals surface area contributed by atoms with Crippen molar-refractivity contribution in [2.45, 2.75) is 0 Å². The normalized spacial score (nSPS) is 18.7. The van der Waals surface area contributed by atoms with Crippen molar-refractivity contribution in [2.24, 2.45) is 4.99 Å². The van der Waals surface area contributed by atoms with Crippen molar-refractivity contribution in [3.63, 3.8) is 0 Å². The van der Waals surface area contributed by atoms with E-state index in [-0.39, 0.29) is 6.03 Å². The molecule has 5 heteroatoms. The Labute approximate surface area is 87.0 Å². The number of hydrogen-bond acceptors (Lipinski definition) is 3. The number of rotatable bonds is 0. The van der Waals surface area contributed by atoms with E-state index < -0.39 is 0 Å². The van der Waals surface area contributed by atoms with E-state index in [0.29, 0.717) is 18.9 Å². The van der Waals surface area contributed by atoms with Crippen LogP contribution in [-0.2, 0) is 0 Å². The molecule has 15 heavy (non-hydrogen) atoms. The average Bonchev–Trinajstić information content (AvgIpc) is 2.75. The smallest absolute Gasteiger partial charge is 0.295 e. The maximum Gasteiger partial charge on any atom is 0.330 e. The Morgan fingerprint density at radius 1 is 1.47 bits per heavy atom. The predicted molar refractivity (Wildman–Crippen MR) is 56.1 cm³/mol. The first kappa shape index (κ1) is 8.40. The number of carbonyl (C=O) groups excluding carboxylic acids is 1. The second kappa shape index (κ2) is 2.79. The molecule has 3 rings (SSSR count). The summed E-state index contributed by atoms with van der Waals surface area (Å²) in [6, 6.07) is 3.69. The molecule has 0 spiro atoms. The number of aliphatic imine (C=N–C) groups is 1. The summed E-state index contributed by atoms with van der Waals surface area (Å²) in [7, 11) is 1.76. The molecule has 2 aliphatic heterocycles. The van der Waals surface area contributed by atoms with Gasteiger partial charge in [-0.15, -0.1) is 0 Å². The van der Waals surface area contributed by atoms with Crippen LogP contribution < -0.4 is 4.90 Å². The number of amidine groups is 1.